The fourth-order valence-electron chi connectivity index (χ4n) is 4.89. The summed E-state index contributed by atoms with van der Waals surface area (Å²) in [6.45, 7) is 1.85. The molecular formula is C37H42N2O9. The number of fused-ring (bicyclic) bond motifs is 1. The molecule has 4 aromatic rings. The molecule has 11 nitrogen and oxygen atoms in total. The first-order chi connectivity index (χ1) is 23.4. The van der Waals surface area contributed by atoms with Crippen molar-refractivity contribution in [1.29, 1.82) is 0 Å². The minimum absolute atomic E-state index is 0.00658. The van der Waals surface area contributed by atoms with Gasteiger partial charge in [-0.1, -0.05) is 99.7 Å². The van der Waals surface area contributed by atoms with Crippen LogP contribution in [-0.2, 0) is 48.2 Å². The zero-order valence-electron chi connectivity index (χ0n) is 27.1. The molecule has 0 radical (unpaired) electrons. The van der Waals surface area contributed by atoms with Crippen molar-refractivity contribution in [2.24, 2.45) is 0 Å². The zero-order valence-corrected chi connectivity index (χ0v) is 27.1. The molecule has 1 amide bonds. The third-order valence-corrected chi connectivity index (χ3v) is 7.45. The maximum absolute atomic E-state index is 13.2. The molecule has 3 aromatic carbocycles. The highest BCUT2D eigenvalue weighted by molar-refractivity contribution is 5.88. The van der Waals surface area contributed by atoms with Gasteiger partial charge in [-0.15, -0.1) is 0 Å². The van der Waals surface area contributed by atoms with Crippen LogP contribution in [0.1, 0.15) is 62.1 Å². The van der Waals surface area contributed by atoms with E-state index in [0.717, 1.165) is 43.2 Å². The molecule has 0 bridgehead atoms. The number of carbonyl (C=O) groups is 4. The molecule has 254 valence electrons. The minimum Gasteiger partial charge on any atom is -0.463 e. The van der Waals surface area contributed by atoms with Gasteiger partial charge in [0, 0.05) is 23.5 Å². The lowest BCUT2D eigenvalue weighted by Crippen LogP contribution is -2.44. The number of unbranched alkanes of at least 4 members (excludes halogenated alkanes) is 5. The van der Waals surface area contributed by atoms with Crippen LogP contribution < -0.4 is 10.1 Å². The van der Waals surface area contributed by atoms with Crippen molar-refractivity contribution in [3.05, 3.63) is 102 Å². The van der Waals surface area contributed by atoms with Crippen LogP contribution in [0.2, 0.25) is 0 Å². The first kappa shape index (κ1) is 35.5. The van der Waals surface area contributed by atoms with Crippen LogP contribution in [0, 0.1) is 0 Å². The van der Waals surface area contributed by atoms with Gasteiger partial charge in [-0.2, -0.15) is 0 Å². The first-order valence-electron chi connectivity index (χ1n) is 16.2. The molecular weight excluding hydrogens is 616 g/mol. The molecule has 4 rings (SSSR count). The number of aromatic nitrogens is 1. The van der Waals surface area contributed by atoms with Gasteiger partial charge in [0.2, 0.25) is 0 Å². The maximum atomic E-state index is 13.2. The Balaban J connectivity index is 1.37. The summed E-state index contributed by atoms with van der Waals surface area (Å²) in [7, 11) is 0. The third-order valence-electron chi connectivity index (χ3n) is 7.45. The van der Waals surface area contributed by atoms with Gasteiger partial charge in [0.15, 0.2) is 6.61 Å². The maximum Gasteiger partial charge on any atom is 0.514 e. The largest absolute Gasteiger partial charge is 0.514 e. The summed E-state index contributed by atoms with van der Waals surface area (Å²) in [6, 6.07) is 22.0. The molecule has 1 unspecified atom stereocenters. The van der Waals surface area contributed by atoms with Crippen LogP contribution in [0.3, 0.4) is 0 Å². The van der Waals surface area contributed by atoms with E-state index in [2.05, 4.69) is 17.2 Å². The lowest BCUT2D eigenvalue weighted by atomic mass is 10.0. The van der Waals surface area contributed by atoms with E-state index < -0.39 is 36.8 Å². The molecule has 48 heavy (non-hydrogen) atoms. The zero-order chi connectivity index (χ0) is 34.0. The molecule has 1 atom stereocenters. The van der Waals surface area contributed by atoms with Crippen molar-refractivity contribution in [2.45, 2.75) is 71.1 Å². The second kappa shape index (κ2) is 19.4. The topological polar surface area (TPSA) is 142 Å². The highest BCUT2D eigenvalue weighted by atomic mass is 16.7. The number of amides is 1. The summed E-state index contributed by atoms with van der Waals surface area (Å²) in [5.74, 6) is -1.28. The second-order valence-corrected chi connectivity index (χ2v) is 11.2. The molecule has 0 aliphatic carbocycles. The lowest BCUT2D eigenvalue weighted by molar-refractivity contribution is -0.160. The SMILES string of the molecule is CCCCCCCCOC(=O)COC(=O)C(Cc1c[nH]c2ccc(OC(=O)OCc3ccccc3)cc12)NC(=O)OCc1ccccc1. The monoisotopic (exact) mass is 658 g/mol. The number of carbonyl (C=O) groups excluding carboxylic acids is 4. The van der Waals surface area contributed by atoms with Gasteiger partial charge in [-0.05, 0) is 41.3 Å². The van der Waals surface area contributed by atoms with E-state index in [1.807, 2.05) is 48.5 Å². The van der Waals surface area contributed by atoms with Gasteiger partial charge in [-0.25, -0.2) is 19.2 Å². The van der Waals surface area contributed by atoms with Gasteiger partial charge in [0.1, 0.15) is 25.0 Å². The Labute approximate surface area is 279 Å². The Kier molecular flexibility index (Phi) is 14.3. The number of aromatic amines is 1. The fourth-order valence-corrected chi connectivity index (χ4v) is 4.89. The van der Waals surface area contributed by atoms with Crippen LogP contribution in [0.15, 0.2) is 85.1 Å². The van der Waals surface area contributed by atoms with Crippen LogP contribution in [-0.4, -0.2) is 48.4 Å². The van der Waals surface area contributed by atoms with Gasteiger partial charge in [-0.3, -0.25) is 0 Å². The van der Waals surface area contributed by atoms with Crippen molar-refractivity contribution in [3.8, 4) is 5.75 Å². The number of esters is 2. The Morgan fingerprint density at radius 1 is 0.750 bits per heavy atom. The number of nitrogens with one attached hydrogen (secondary N) is 2. The first-order valence-corrected chi connectivity index (χ1v) is 16.2. The van der Waals surface area contributed by atoms with E-state index in [4.69, 9.17) is 23.7 Å². The third kappa shape index (κ3) is 12.1. The molecule has 2 N–H and O–H groups in total. The summed E-state index contributed by atoms with van der Waals surface area (Å²) in [4.78, 5) is 53.7. The lowest BCUT2D eigenvalue weighted by Gasteiger charge is -2.17. The summed E-state index contributed by atoms with van der Waals surface area (Å²) in [5.41, 5.74) is 2.90. The summed E-state index contributed by atoms with van der Waals surface area (Å²) in [5, 5.41) is 3.20. The van der Waals surface area contributed by atoms with Crippen LogP contribution in [0.4, 0.5) is 9.59 Å². The molecule has 0 aliphatic heterocycles. The number of ether oxygens (including phenoxy) is 5. The number of alkyl carbamates (subject to hydrolysis) is 1. The van der Waals surface area contributed by atoms with E-state index in [0.29, 0.717) is 16.5 Å². The average Bonchev–Trinajstić information content (AvgIpc) is 3.50. The molecule has 0 fully saturated rings. The Bertz CT molecular complexity index is 1610. The number of hydrogen-bond acceptors (Lipinski definition) is 9. The quantitative estimate of drug-likeness (QED) is 0.0492. The van der Waals surface area contributed by atoms with Gasteiger partial charge < -0.3 is 34.0 Å². The predicted molar refractivity (Wildman–Crippen MR) is 178 cm³/mol. The molecule has 0 aliphatic rings. The number of hydrogen-bond donors (Lipinski definition) is 2. The molecule has 1 aromatic heterocycles. The number of H-pyrrole nitrogens is 1. The fraction of sp³-hybridized carbons (Fsp3) is 0.351. The van der Waals surface area contributed by atoms with Gasteiger partial charge in [0.05, 0.1) is 6.61 Å². The van der Waals surface area contributed by atoms with E-state index >= 15 is 0 Å². The summed E-state index contributed by atoms with van der Waals surface area (Å²) < 4.78 is 26.4. The number of benzene rings is 3. The van der Waals surface area contributed by atoms with Crippen molar-refractivity contribution in [1.82, 2.24) is 10.3 Å². The second-order valence-electron chi connectivity index (χ2n) is 11.2. The molecule has 0 spiro atoms. The highest BCUT2D eigenvalue weighted by Crippen LogP contribution is 2.25. The predicted octanol–water partition coefficient (Wildman–Crippen LogP) is 7.17. The van der Waals surface area contributed by atoms with Crippen molar-refractivity contribution in [3.63, 3.8) is 0 Å². The van der Waals surface area contributed by atoms with Crippen molar-refractivity contribution in [2.75, 3.05) is 13.2 Å². The van der Waals surface area contributed by atoms with E-state index in [9.17, 15) is 19.2 Å². The van der Waals surface area contributed by atoms with E-state index in [1.54, 1.807) is 36.5 Å². The highest BCUT2D eigenvalue weighted by Gasteiger charge is 2.26. The number of rotatable bonds is 18. The summed E-state index contributed by atoms with van der Waals surface area (Å²) in [6.07, 6.45) is 6.20. The van der Waals surface area contributed by atoms with Crippen molar-refractivity contribution >= 4 is 35.1 Å². The summed E-state index contributed by atoms with van der Waals surface area (Å²) >= 11 is 0. The minimum atomic E-state index is -1.21. The van der Waals surface area contributed by atoms with Crippen LogP contribution >= 0.6 is 0 Å². The average molecular weight is 659 g/mol. The van der Waals surface area contributed by atoms with E-state index in [1.165, 1.54) is 6.42 Å². The Morgan fingerprint density at radius 3 is 2.12 bits per heavy atom. The Hall–Kier alpha value is -5.32. The molecule has 0 saturated carbocycles. The smallest absolute Gasteiger partial charge is 0.463 e. The van der Waals surface area contributed by atoms with Crippen LogP contribution in [0.25, 0.3) is 10.9 Å². The molecule has 0 saturated heterocycles. The van der Waals surface area contributed by atoms with Gasteiger partial charge in [0.25, 0.3) is 0 Å². The standard InChI is InChI=1S/C37H42N2O9/c1-2-3-4-5-6-13-20-44-34(40)26-45-35(41)33(39-36(42)46-24-27-14-9-7-10-15-27)21-29-23-38-32-19-18-30(22-31(29)32)48-37(43)47-25-28-16-11-8-12-17-28/h7-12,14-19,22-23,33,38H,2-6,13,20-21,24-26H2,1H3,(H,39,42). The van der Waals surface area contributed by atoms with E-state index in [-0.39, 0.29) is 32.0 Å². The molecule has 11 heteroatoms. The van der Waals surface area contributed by atoms with Crippen LogP contribution in [0.5, 0.6) is 5.75 Å². The van der Waals surface area contributed by atoms with Gasteiger partial charge >= 0.3 is 24.2 Å². The molecule has 1 heterocycles. The Morgan fingerprint density at radius 2 is 1.42 bits per heavy atom. The normalized spacial score (nSPS) is 11.4. The van der Waals surface area contributed by atoms with Crippen molar-refractivity contribution < 1.29 is 42.9 Å².